The molecular formula is C24H28N6O2. The van der Waals surface area contributed by atoms with Crippen LogP contribution in [0.4, 0.5) is 5.95 Å². The SMILES string of the molecule is Cn1ccc(-c2ccc(-c3cnc(N(C4CC4)[C@H]4CCC[C@@H](N)C4)nn3)c(O)c2)cc1=O. The Balaban J connectivity index is 1.39. The third-order valence-electron chi connectivity index (χ3n) is 6.51. The highest BCUT2D eigenvalue weighted by Crippen LogP contribution is 2.36. The fourth-order valence-electron chi connectivity index (χ4n) is 4.60. The summed E-state index contributed by atoms with van der Waals surface area (Å²) in [4.78, 5) is 18.9. The Labute approximate surface area is 186 Å². The predicted molar refractivity (Wildman–Crippen MR) is 123 cm³/mol. The third kappa shape index (κ3) is 4.10. The molecule has 2 aliphatic rings. The lowest BCUT2D eigenvalue weighted by atomic mass is 9.90. The molecule has 5 rings (SSSR count). The fraction of sp³-hybridized carbons (Fsp3) is 0.417. The zero-order valence-corrected chi connectivity index (χ0v) is 18.2. The van der Waals surface area contributed by atoms with Crippen LogP contribution in [-0.4, -0.2) is 43.0 Å². The van der Waals surface area contributed by atoms with Crippen molar-refractivity contribution < 1.29 is 5.11 Å². The highest BCUT2D eigenvalue weighted by Gasteiger charge is 2.37. The second kappa shape index (κ2) is 8.35. The number of aromatic nitrogens is 4. The maximum Gasteiger partial charge on any atom is 0.250 e. The number of nitrogens with zero attached hydrogens (tertiary/aromatic N) is 5. The molecule has 2 aromatic heterocycles. The maximum atomic E-state index is 11.9. The first-order valence-corrected chi connectivity index (χ1v) is 11.2. The van der Waals surface area contributed by atoms with Gasteiger partial charge in [0.05, 0.1) is 6.20 Å². The molecule has 2 fully saturated rings. The normalized spacial score (nSPS) is 20.8. The molecule has 166 valence electrons. The lowest BCUT2D eigenvalue weighted by molar-refractivity contribution is 0.367. The van der Waals surface area contributed by atoms with E-state index in [2.05, 4.69) is 20.1 Å². The summed E-state index contributed by atoms with van der Waals surface area (Å²) in [5, 5.41) is 19.4. The van der Waals surface area contributed by atoms with Crippen molar-refractivity contribution in [2.75, 3.05) is 4.90 Å². The van der Waals surface area contributed by atoms with Gasteiger partial charge in [0.2, 0.25) is 5.95 Å². The molecule has 2 heterocycles. The number of nitrogens with two attached hydrogens (primary N) is 1. The summed E-state index contributed by atoms with van der Waals surface area (Å²) in [7, 11) is 1.70. The van der Waals surface area contributed by atoms with Crippen LogP contribution in [0.1, 0.15) is 38.5 Å². The number of hydrogen-bond donors (Lipinski definition) is 2. The van der Waals surface area contributed by atoms with Gasteiger partial charge in [0.1, 0.15) is 11.4 Å². The highest BCUT2D eigenvalue weighted by atomic mass is 16.3. The first kappa shape index (κ1) is 20.6. The van der Waals surface area contributed by atoms with Crippen LogP contribution in [-0.2, 0) is 7.05 Å². The van der Waals surface area contributed by atoms with Gasteiger partial charge in [-0.25, -0.2) is 4.98 Å². The lowest BCUT2D eigenvalue weighted by Crippen LogP contribution is -2.44. The van der Waals surface area contributed by atoms with E-state index in [-0.39, 0.29) is 17.4 Å². The third-order valence-corrected chi connectivity index (χ3v) is 6.51. The van der Waals surface area contributed by atoms with E-state index < -0.39 is 0 Å². The summed E-state index contributed by atoms with van der Waals surface area (Å²) in [5.41, 5.74) is 8.70. The summed E-state index contributed by atoms with van der Waals surface area (Å²) < 4.78 is 1.51. The summed E-state index contributed by atoms with van der Waals surface area (Å²) >= 11 is 0. The predicted octanol–water partition coefficient (Wildman–Crippen LogP) is 2.85. The molecule has 0 unspecified atom stereocenters. The molecule has 0 amide bonds. The molecule has 2 saturated carbocycles. The van der Waals surface area contributed by atoms with E-state index in [9.17, 15) is 9.90 Å². The molecule has 8 nitrogen and oxygen atoms in total. The van der Waals surface area contributed by atoms with Gasteiger partial charge in [-0.2, -0.15) is 0 Å². The molecular weight excluding hydrogens is 404 g/mol. The van der Waals surface area contributed by atoms with Gasteiger partial charge >= 0.3 is 0 Å². The van der Waals surface area contributed by atoms with Crippen LogP contribution in [0.15, 0.2) is 47.5 Å². The Kier molecular flexibility index (Phi) is 5.38. The van der Waals surface area contributed by atoms with Crippen molar-refractivity contribution >= 4 is 5.95 Å². The smallest absolute Gasteiger partial charge is 0.250 e. The zero-order valence-electron chi connectivity index (χ0n) is 18.2. The number of rotatable bonds is 5. The van der Waals surface area contributed by atoms with E-state index in [0.717, 1.165) is 49.7 Å². The Morgan fingerprint density at radius 1 is 1.06 bits per heavy atom. The second-order valence-electron chi connectivity index (χ2n) is 8.96. The van der Waals surface area contributed by atoms with Crippen molar-refractivity contribution in [2.45, 2.75) is 56.7 Å². The summed E-state index contributed by atoms with van der Waals surface area (Å²) in [6.45, 7) is 0. The Morgan fingerprint density at radius 2 is 1.88 bits per heavy atom. The molecule has 8 heteroatoms. The van der Waals surface area contributed by atoms with Gasteiger partial charge in [-0.1, -0.05) is 6.07 Å². The number of aromatic hydroxyl groups is 1. The summed E-state index contributed by atoms with van der Waals surface area (Å²) in [5.74, 6) is 0.718. The van der Waals surface area contributed by atoms with Crippen LogP contribution in [0, 0.1) is 0 Å². The Bertz CT molecular complexity index is 1170. The van der Waals surface area contributed by atoms with E-state index in [1.165, 1.54) is 4.57 Å². The van der Waals surface area contributed by atoms with Gasteiger partial charge in [0.25, 0.3) is 5.56 Å². The maximum absolute atomic E-state index is 11.9. The highest BCUT2D eigenvalue weighted by molar-refractivity contribution is 5.73. The first-order chi connectivity index (χ1) is 15.5. The van der Waals surface area contributed by atoms with E-state index in [4.69, 9.17) is 5.73 Å². The molecule has 32 heavy (non-hydrogen) atoms. The molecule has 0 aliphatic heterocycles. The zero-order chi connectivity index (χ0) is 22.2. The van der Waals surface area contributed by atoms with Crippen LogP contribution in [0.25, 0.3) is 22.4 Å². The number of phenols is 1. The van der Waals surface area contributed by atoms with Crippen molar-refractivity contribution in [1.29, 1.82) is 0 Å². The number of phenolic OH excluding ortho intramolecular Hbond substituents is 1. The van der Waals surface area contributed by atoms with Crippen molar-refractivity contribution in [3.05, 3.63) is 53.1 Å². The van der Waals surface area contributed by atoms with Crippen LogP contribution >= 0.6 is 0 Å². The van der Waals surface area contributed by atoms with E-state index >= 15 is 0 Å². The minimum atomic E-state index is -0.101. The molecule has 0 spiro atoms. The largest absolute Gasteiger partial charge is 0.507 e. The average molecular weight is 433 g/mol. The Morgan fingerprint density at radius 3 is 2.53 bits per heavy atom. The van der Waals surface area contributed by atoms with Crippen molar-refractivity contribution in [3.8, 4) is 28.1 Å². The van der Waals surface area contributed by atoms with Gasteiger partial charge in [-0.3, -0.25) is 4.79 Å². The number of pyridine rings is 1. The molecule has 0 radical (unpaired) electrons. The van der Waals surface area contributed by atoms with Gasteiger partial charge in [0.15, 0.2) is 0 Å². The van der Waals surface area contributed by atoms with Crippen molar-refractivity contribution in [2.24, 2.45) is 12.8 Å². The van der Waals surface area contributed by atoms with E-state index in [1.807, 2.05) is 12.1 Å². The van der Waals surface area contributed by atoms with Crippen LogP contribution in [0.3, 0.4) is 0 Å². The quantitative estimate of drug-likeness (QED) is 0.638. The molecule has 0 bridgehead atoms. The number of aryl methyl sites for hydroxylation is 1. The molecule has 2 atom stereocenters. The van der Waals surface area contributed by atoms with Crippen LogP contribution in [0.2, 0.25) is 0 Å². The molecule has 3 aromatic rings. The minimum Gasteiger partial charge on any atom is -0.507 e. The topological polar surface area (TPSA) is 110 Å². The monoisotopic (exact) mass is 432 g/mol. The number of anilines is 1. The van der Waals surface area contributed by atoms with Crippen molar-refractivity contribution in [3.63, 3.8) is 0 Å². The van der Waals surface area contributed by atoms with Gasteiger partial charge < -0.3 is 20.3 Å². The van der Waals surface area contributed by atoms with Crippen LogP contribution < -0.4 is 16.2 Å². The summed E-state index contributed by atoms with van der Waals surface area (Å²) in [6.07, 6.45) is 9.99. The fourth-order valence-corrected chi connectivity index (χ4v) is 4.60. The first-order valence-electron chi connectivity index (χ1n) is 11.2. The van der Waals surface area contributed by atoms with Crippen molar-refractivity contribution in [1.82, 2.24) is 19.7 Å². The second-order valence-corrected chi connectivity index (χ2v) is 8.96. The molecule has 3 N–H and O–H groups in total. The van der Waals surface area contributed by atoms with Crippen LogP contribution in [0.5, 0.6) is 5.75 Å². The van der Waals surface area contributed by atoms with E-state index in [1.54, 1.807) is 37.6 Å². The standard InChI is InChI=1S/C24H28N6O2/c1-29-10-9-16(12-23(29)32)15-5-8-20(22(31)11-15)21-14-26-24(28-27-21)30(18-6-7-18)19-4-2-3-17(25)13-19/h5,8-12,14,17-19,31H,2-4,6-7,13,25H2,1H3/t17-,19+/m1/s1. The Hall–Kier alpha value is -3.26. The summed E-state index contributed by atoms with van der Waals surface area (Å²) in [6, 6.07) is 9.76. The van der Waals surface area contributed by atoms with Gasteiger partial charge in [-0.05, 0) is 67.9 Å². The molecule has 0 saturated heterocycles. The molecule has 2 aliphatic carbocycles. The molecule has 1 aromatic carbocycles. The minimum absolute atomic E-state index is 0.0735. The number of benzene rings is 1. The number of hydrogen-bond acceptors (Lipinski definition) is 7. The average Bonchev–Trinajstić information content (AvgIpc) is 3.62. The van der Waals surface area contributed by atoms with Gasteiger partial charge in [0, 0.05) is 43.0 Å². The van der Waals surface area contributed by atoms with Gasteiger partial charge in [-0.15, -0.1) is 10.2 Å². The van der Waals surface area contributed by atoms with E-state index in [0.29, 0.717) is 29.3 Å². The lowest BCUT2D eigenvalue weighted by Gasteiger charge is -2.36.